The summed E-state index contributed by atoms with van der Waals surface area (Å²) in [7, 11) is 0. The lowest BCUT2D eigenvalue weighted by Crippen LogP contribution is -2.27. The first-order valence-electron chi connectivity index (χ1n) is 7.54. The van der Waals surface area contributed by atoms with Crippen LogP contribution in [0.4, 0.5) is 11.6 Å². The van der Waals surface area contributed by atoms with Crippen molar-refractivity contribution in [1.29, 1.82) is 0 Å². The van der Waals surface area contributed by atoms with Crippen LogP contribution in [0.2, 0.25) is 0 Å². The number of nitrogens with zero attached hydrogens (tertiary/aromatic N) is 2. The van der Waals surface area contributed by atoms with E-state index in [1.807, 2.05) is 26.0 Å². The van der Waals surface area contributed by atoms with E-state index in [-0.39, 0.29) is 5.91 Å². The van der Waals surface area contributed by atoms with Crippen LogP contribution in [-0.2, 0) is 6.42 Å². The Balaban J connectivity index is 1.97. The van der Waals surface area contributed by atoms with Crippen molar-refractivity contribution < 1.29 is 4.79 Å². The SMILES string of the molecule is CCc1ccc(Nc2ncc(C(=O)NCC(C)C)cn2)cc1. The van der Waals surface area contributed by atoms with Crippen molar-refractivity contribution in [2.75, 3.05) is 11.9 Å². The van der Waals surface area contributed by atoms with Gasteiger partial charge in [0.2, 0.25) is 5.95 Å². The molecule has 1 aromatic heterocycles. The fourth-order valence-electron chi connectivity index (χ4n) is 1.86. The molecular weight excluding hydrogens is 276 g/mol. The van der Waals surface area contributed by atoms with E-state index in [1.165, 1.54) is 18.0 Å². The molecule has 0 aliphatic rings. The zero-order valence-corrected chi connectivity index (χ0v) is 13.3. The molecule has 0 bridgehead atoms. The van der Waals surface area contributed by atoms with Gasteiger partial charge in [0.15, 0.2) is 0 Å². The number of rotatable bonds is 6. The maximum atomic E-state index is 11.9. The molecule has 0 saturated carbocycles. The third-order valence-corrected chi connectivity index (χ3v) is 3.20. The Hall–Kier alpha value is -2.43. The third-order valence-electron chi connectivity index (χ3n) is 3.20. The Labute approximate surface area is 131 Å². The van der Waals surface area contributed by atoms with Gasteiger partial charge in [0.1, 0.15) is 0 Å². The van der Waals surface area contributed by atoms with Gasteiger partial charge in [-0.05, 0) is 30.0 Å². The van der Waals surface area contributed by atoms with E-state index in [9.17, 15) is 4.79 Å². The first-order valence-corrected chi connectivity index (χ1v) is 7.54. The van der Waals surface area contributed by atoms with Crippen LogP contribution >= 0.6 is 0 Å². The molecule has 2 N–H and O–H groups in total. The van der Waals surface area contributed by atoms with Gasteiger partial charge in [-0.3, -0.25) is 4.79 Å². The second kappa shape index (κ2) is 7.54. The molecule has 0 saturated heterocycles. The van der Waals surface area contributed by atoms with E-state index in [0.717, 1.165) is 12.1 Å². The zero-order chi connectivity index (χ0) is 15.9. The predicted molar refractivity (Wildman–Crippen MR) is 88.3 cm³/mol. The molecular formula is C17H22N4O. The first-order chi connectivity index (χ1) is 10.6. The molecule has 5 heteroatoms. The summed E-state index contributed by atoms with van der Waals surface area (Å²) in [5.41, 5.74) is 2.67. The highest BCUT2D eigenvalue weighted by molar-refractivity contribution is 5.93. The van der Waals surface area contributed by atoms with Crippen LogP contribution in [0, 0.1) is 5.92 Å². The third kappa shape index (κ3) is 4.55. The summed E-state index contributed by atoms with van der Waals surface area (Å²) in [5.74, 6) is 0.745. The van der Waals surface area contributed by atoms with E-state index in [4.69, 9.17) is 0 Å². The molecule has 0 spiro atoms. The van der Waals surface area contributed by atoms with Crippen LogP contribution in [0.3, 0.4) is 0 Å². The van der Waals surface area contributed by atoms with Crippen LogP contribution < -0.4 is 10.6 Å². The van der Waals surface area contributed by atoms with E-state index >= 15 is 0 Å². The maximum Gasteiger partial charge on any atom is 0.254 e. The van der Waals surface area contributed by atoms with Gasteiger partial charge < -0.3 is 10.6 Å². The van der Waals surface area contributed by atoms with Gasteiger partial charge in [-0.1, -0.05) is 32.9 Å². The number of benzene rings is 1. The van der Waals surface area contributed by atoms with E-state index in [0.29, 0.717) is 24.0 Å². The fraction of sp³-hybridized carbons (Fsp3) is 0.353. The smallest absolute Gasteiger partial charge is 0.254 e. The van der Waals surface area contributed by atoms with Crippen molar-refractivity contribution in [2.45, 2.75) is 27.2 Å². The molecule has 1 heterocycles. The first kappa shape index (κ1) is 15.9. The number of aromatic nitrogens is 2. The molecule has 0 fully saturated rings. The van der Waals surface area contributed by atoms with Gasteiger partial charge in [-0.2, -0.15) is 0 Å². The molecule has 2 aromatic rings. The second-order valence-electron chi connectivity index (χ2n) is 5.57. The standard InChI is InChI=1S/C17H22N4O/c1-4-13-5-7-15(8-6-13)21-17-19-10-14(11-20-17)16(22)18-9-12(2)3/h5-8,10-12H,4,9H2,1-3H3,(H,18,22)(H,19,20,21). The van der Waals surface area contributed by atoms with Crippen molar-refractivity contribution in [3.05, 3.63) is 47.8 Å². The molecule has 0 aliphatic carbocycles. The van der Waals surface area contributed by atoms with Crippen LogP contribution in [0.15, 0.2) is 36.7 Å². The molecule has 1 aromatic carbocycles. The molecule has 0 unspecified atom stereocenters. The Morgan fingerprint density at radius 2 is 1.77 bits per heavy atom. The number of carbonyl (C=O) groups excluding carboxylic acids is 1. The molecule has 5 nitrogen and oxygen atoms in total. The fourth-order valence-corrected chi connectivity index (χ4v) is 1.86. The average molecular weight is 298 g/mol. The number of hydrogen-bond acceptors (Lipinski definition) is 4. The molecule has 116 valence electrons. The largest absolute Gasteiger partial charge is 0.352 e. The maximum absolute atomic E-state index is 11.9. The van der Waals surface area contributed by atoms with Gasteiger partial charge in [-0.25, -0.2) is 9.97 Å². The summed E-state index contributed by atoms with van der Waals surface area (Å²) < 4.78 is 0. The van der Waals surface area contributed by atoms with Gasteiger partial charge in [0.05, 0.1) is 5.56 Å². The molecule has 0 atom stereocenters. The number of hydrogen-bond donors (Lipinski definition) is 2. The summed E-state index contributed by atoms with van der Waals surface area (Å²) >= 11 is 0. The van der Waals surface area contributed by atoms with Crippen LogP contribution in [0.5, 0.6) is 0 Å². The van der Waals surface area contributed by atoms with E-state index < -0.39 is 0 Å². The van der Waals surface area contributed by atoms with Crippen molar-refractivity contribution >= 4 is 17.5 Å². The summed E-state index contributed by atoms with van der Waals surface area (Å²) in [5, 5.41) is 5.96. The minimum Gasteiger partial charge on any atom is -0.352 e. The summed E-state index contributed by atoms with van der Waals surface area (Å²) in [6.45, 7) is 6.86. The predicted octanol–water partition coefficient (Wildman–Crippen LogP) is 3.17. The Morgan fingerprint density at radius 1 is 1.14 bits per heavy atom. The number of nitrogens with one attached hydrogen (secondary N) is 2. The lowest BCUT2D eigenvalue weighted by atomic mass is 10.1. The Bertz CT molecular complexity index is 606. The number of amides is 1. The van der Waals surface area contributed by atoms with Gasteiger partial charge >= 0.3 is 0 Å². The second-order valence-corrected chi connectivity index (χ2v) is 5.57. The number of aryl methyl sites for hydroxylation is 1. The van der Waals surface area contributed by atoms with E-state index in [2.05, 4.69) is 39.7 Å². The normalized spacial score (nSPS) is 10.5. The van der Waals surface area contributed by atoms with Crippen molar-refractivity contribution in [3.8, 4) is 0 Å². The average Bonchev–Trinajstić information content (AvgIpc) is 2.54. The quantitative estimate of drug-likeness (QED) is 0.859. The Kier molecular flexibility index (Phi) is 5.47. The lowest BCUT2D eigenvalue weighted by molar-refractivity contribution is 0.0948. The van der Waals surface area contributed by atoms with Crippen LogP contribution in [0.25, 0.3) is 0 Å². The van der Waals surface area contributed by atoms with Crippen molar-refractivity contribution in [2.24, 2.45) is 5.92 Å². The highest BCUT2D eigenvalue weighted by Crippen LogP contribution is 2.14. The monoisotopic (exact) mass is 298 g/mol. The molecule has 22 heavy (non-hydrogen) atoms. The highest BCUT2D eigenvalue weighted by Gasteiger charge is 2.07. The minimum absolute atomic E-state index is 0.146. The van der Waals surface area contributed by atoms with Gasteiger partial charge in [-0.15, -0.1) is 0 Å². The van der Waals surface area contributed by atoms with Gasteiger partial charge in [0, 0.05) is 24.6 Å². The van der Waals surface area contributed by atoms with Crippen LogP contribution in [-0.4, -0.2) is 22.4 Å². The topological polar surface area (TPSA) is 66.9 Å². The highest BCUT2D eigenvalue weighted by atomic mass is 16.1. The molecule has 2 rings (SSSR count). The van der Waals surface area contributed by atoms with Crippen molar-refractivity contribution in [1.82, 2.24) is 15.3 Å². The Morgan fingerprint density at radius 3 is 2.32 bits per heavy atom. The zero-order valence-electron chi connectivity index (χ0n) is 13.3. The summed E-state index contributed by atoms with van der Waals surface area (Å²) in [4.78, 5) is 20.2. The minimum atomic E-state index is -0.146. The molecule has 0 radical (unpaired) electrons. The van der Waals surface area contributed by atoms with Crippen molar-refractivity contribution in [3.63, 3.8) is 0 Å². The summed E-state index contributed by atoms with van der Waals surface area (Å²) in [6.07, 6.45) is 4.08. The number of carbonyl (C=O) groups is 1. The lowest BCUT2D eigenvalue weighted by Gasteiger charge is -2.08. The van der Waals surface area contributed by atoms with E-state index in [1.54, 1.807) is 0 Å². The molecule has 0 aliphatic heterocycles. The van der Waals surface area contributed by atoms with Gasteiger partial charge in [0.25, 0.3) is 5.91 Å². The molecule has 1 amide bonds. The summed E-state index contributed by atoms with van der Waals surface area (Å²) in [6, 6.07) is 8.11. The van der Waals surface area contributed by atoms with Crippen LogP contribution in [0.1, 0.15) is 36.7 Å². The number of anilines is 2.